The van der Waals surface area contributed by atoms with Gasteiger partial charge in [0, 0.05) is 23.6 Å². The number of rotatable bonds is 3. The Labute approximate surface area is 220 Å². The largest absolute Gasteiger partial charge is 0.508 e. The summed E-state index contributed by atoms with van der Waals surface area (Å²) in [5.74, 6) is -9.16. The second kappa shape index (κ2) is 8.63. The van der Waals surface area contributed by atoms with Crippen LogP contribution in [-0.2, 0) is 26.3 Å². The van der Waals surface area contributed by atoms with Crippen LogP contribution in [0.3, 0.4) is 0 Å². The van der Waals surface area contributed by atoms with Crippen LogP contribution >= 0.6 is 0 Å². The topological polar surface area (TPSA) is 208 Å². The number of phenolic OH excluding ortho intramolecular Hbond substituents is 1. The Balaban J connectivity index is 2.11. The van der Waals surface area contributed by atoms with Crippen molar-refractivity contribution in [2.24, 2.45) is 23.3 Å². The fourth-order valence-electron chi connectivity index (χ4n) is 6.61. The zero-order valence-electron chi connectivity index (χ0n) is 22.2. The third-order valence-corrected chi connectivity index (χ3v) is 8.34. The summed E-state index contributed by atoms with van der Waals surface area (Å²) in [6.07, 6.45) is -1.65. The minimum Gasteiger partial charge on any atom is -0.508 e. The van der Waals surface area contributed by atoms with Crippen LogP contribution in [0.1, 0.15) is 55.9 Å². The van der Waals surface area contributed by atoms with Crippen molar-refractivity contribution in [2.45, 2.75) is 63.3 Å². The standard InChI is InChI=1S/C27H35N3O8/c1-9-12-10(8-28)7-11(26(2,3)4)19(31)14(12)20(32)15-13(9)21(33)17-18(30(5)6)22(34)16(25(29)37)24(36)27(17,38)23(15)35/h7,9,13,17-18,21,31-33,36,38H,8,28H2,1-6H3,(H2,29,37)/t9?,13?,17?,18-,21?,27-/m0/s1. The average Bonchev–Trinajstić information content (AvgIpc) is 2.80. The van der Waals surface area contributed by atoms with Crippen molar-refractivity contribution in [1.82, 2.24) is 4.90 Å². The number of fused-ring (bicyclic) bond motifs is 3. The number of phenols is 1. The van der Waals surface area contributed by atoms with Gasteiger partial charge in [-0.05, 0) is 42.6 Å². The number of aliphatic hydroxyl groups is 4. The Morgan fingerprint density at radius 2 is 1.74 bits per heavy atom. The van der Waals surface area contributed by atoms with Gasteiger partial charge in [-0.15, -0.1) is 0 Å². The minimum atomic E-state index is -2.95. The van der Waals surface area contributed by atoms with Crippen molar-refractivity contribution in [3.63, 3.8) is 0 Å². The van der Waals surface area contributed by atoms with E-state index >= 15 is 0 Å². The number of hydrogen-bond acceptors (Lipinski definition) is 10. The Hall–Kier alpha value is -3.25. The van der Waals surface area contributed by atoms with Crippen molar-refractivity contribution in [3.8, 4) is 5.75 Å². The number of nitrogens with two attached hydrogens (primary N) is 2. The van der Waals surface area contributed by atoms with Crippen molar-refractivity contribution in [3.05, 3.63) is 45.2 Å². The Kier molecular flexibility index (Phi) is 6.31. The van der Waals surface area contributed by atoms with Gasteiger partial charge >= 0.3 is 0 Å². The molecule has 0 saturated heterocycles. The predicted octanol–water partition coefficient (Wildman–Crippen LogP) is 0.252. The SMILES string of the molecule is CC1c2c(CN)cc(C(C)(C)C)c(O)c2C(O)=C2C(=O)[C@]3(O)C(O)=C(C(N)=O)C(=O)[C@@H](N(C)C)C3C(O)C21. The molecule has 0 aliphatic heterocycles. The van der Waals surface area contributed by atoms with Gasteiger partial charge in [-0.2, -0.15) is 0 Å². The molecule has 11 heteroatoms. The lowest BCUT2D eigenvalue weighted by molar-refractivity contribution is -0.169. The number of ketones is 2. The molecule has 11 nitrogen and oxygen atoms in total. The molecule has 1 aromatic rings. The Morgan fingerprint density at radius 1 is 1.16 bits per heavy atom. The fourth-order valence-corrected chi connectivity index (χ4v) is 6.61. The Bertz CT molecular complexity index is 1340. The van der Waals surface area contributed by atoms with Gasteiger partial charge in [0.1, 0.15) is 22.8 Å². The molecule has 0 heterocycles. The highest BCUT2D eigenvalue weighted by atomic mass is 16.4. The first-order chi connectivity index (χ1) is 17.4. The van der Waals surface area contributed by atoms with E-state index in [1.807, 2.05) is 20.8 Å². The summed E-state index contributed by atoms with van der Waals surface area (Å²) in [7, 11) is 2.92. The molecule has 1 amide bonds. The first kappa shape index (κ1) is 27.8. The lowest BCUT2D eigenvalue weighted by Gasteiger charge is -2.54. The highest BCUT2D eigenvalue weighted by Crippen LogP contribution is 2.57. The van der Waals surface area contributed by atoms with Crippen molar-refractivity contribution in [1.29, 1.82) is 0 Å². The number of likely N-dealkylation sites (N-methyl/N-ethyl adjacent to an activating group) is 1. The summed E-state index contributed by atoms with van der Waals surface area (Å²) in [6.45, 7) is 7.28. The maximum atomic E-state index is 14.1. The molecule has 1 fully saturated rings. The second-order valence-electron chi connectivity index (χ2n) is 11.7. The van der Waals surface area contributed by atoms with Gasteiger partial charge < -0.3 is 37.0 Å². The van der Waals surface area contributed by atoms with E-state index in [2.05, 4.69) is 0 Å². The molecule has 206 valence electrons. The van der Waals surface area contributed by atoms with Crippen molar-refractivity contribution >= 4 is 23.2 Å². The van der Waals surface area contributed by atoms with Crippen LogP contribution in [-0.4, -0.2) is 79.7 Å². The summed E-state index contributed by atoms with van der Waals surface area (Å²) >= 11 is 0. The zero-order valence-corrected chi connectivity index (χ0v) is 22.2. The molecule has 0 aromatic heterocycles. The maximum Gasteiger partial charge on any atom is 0.255 e. The van der Waals surface area contributed by atoms with Gasteiger partial charge in [-0.3, -0.25) is 19.3 Å². The number of hydrogen-bond donors (Lipinski definition) is 7. The molecule has 38 heavy (non-hydrogen) atoms. The Morgan fingerprint density at radius 3 is 2.21 bits per heavy atom. The van der Waals surface area contributed by atoms with E-state index < -0.39 is 81.1 Å². The number of carbonyl (C=O) groups excluding carboxylic acids is 3. The van der Waals surface area contributed by atoms with Crippen LogP contribution in [0, 0.1) is 11.8 Å². The van der Waals surface area contributed by atoms with Crippen LogP contribution in [0.2, 0.25) is 0 Å². The van der Waals surface area contributed by atoms with Gasteiger partial charge in [0.05, 0.1) is 23.6 Å². The number of benzene rings is 1. The van der Waals surface area contributed by atoms with Gasteiger partial charge in [0.15, 0.2) is 11.4 Å². The first-order valence-corrected chi connectivity index (χ1v) is 12.4. The number of nitrogens with zero attached hydrogens (tertiary/aromatic N) is 1. The molecule has 0 bridgehead atoms. The van der Waals surface area contributed by atoms with E-state index in [0.717, 1.165) is 0 Å². The molecule has 1 saturated carbocycles. The quantitative estimate of drug-likeness (QED) is 0.266. The number of Topliss-reactive ketones (excluding diaryl/α,β-unsaturated/α-hetero) is 2. The number of carbonyl (C=O) groups is 3. The fraction of sp³-hybridized carbons (Fsp3) is 0.519. The van der Waals surface area contributed by atoms with Crippen molar-refractivity contribution < 1.29 is 39.9 Å². The zero-order chi connectivity index (χ0) is 28.8. The molecule has 6 atom stereocenters. The lowest BCUT2D eigenvalue weighted by Crippen LogP contribution is -2.70. The highest BCUT2D eigenvalue weighted by Gasteiger charge is 2.68. The molecule has 4 rings (SSSR count). The number of aromatic hydroxyl groups is 1. The van der Waals surface area contributed by atoms with E-state index in [-0.39, 0.29) is 17.9 Å². The normalized spacial score (nSPS) is 31.4. The van der Waals surface area contributed by atoms with E-state index in [4.69, 9.17) is 11.5 Å². The smallest absolute Gasteiger partial charge is 0.255 e. The second-order valence-corrected chi connectivity index (χ2v) is 11.7. The van der Waals surface area contributed by atoms with E-state index in [0.29, 0.717) is 16.7 Å². The molecule has 0 radical (unpaired) electrons. The summed E-state index contributed by atoms with van der Waals surface area (Å²) in [5, 5.41) is 57.3. The first-order valence-electron chi connectivity index (χ1n) is 12.4. The molecule has 3 aliphatic rings. The molecule has 4 unspecified atom stereocenters. The highest BCUT2D eigenvalue weighted by molar-refractivity contribution is 6.24. The monoisotopic (exact) mass is 529 g/mol. The van der Waals surface area contributed by atoms with Crippen LogP contribution in [0.15, 0.2) is 23.0 Å². The number of primary amides is 1. The predicted molar refractivity (Wildman–Crippen MR) is 137 cm³/mol. The molecule has 9 N–H and O–H groups in total. The van der Waals surface area contributed by atoms with Gasteiger partial charge in [0.25, 0.3) is 5.91 Å². The molecule has 3 aliphatic carbocycles. The molecule has 1 aromatic carbocycles. The van der Waals surface area contributed by atoms with E-state index in [1.54, 1.807) is 13.0 Å². The van der Waals surface area contributed by atoms with E-state index in [9.17, 15) is 39.9 Å². The molecular formula is C27H35N3O8. The third-order valence-electron chi connectivity index (χ3n) is 8.34. The van der Waals surface area contributed by atoms with Crippen molar-refractivity contribution in [2.75, 3.05) is 14.1 Å². The minimum absolute atomic E-state index is 0.0348. The van der Waals surface area contributed by atoms with Gasteiger partial charge in [-0.25, -0.2) is 0 Å². The summed E-state index contributed by atoms with van der Waals surface area (Å²) < 4.78 is 0. The molecule has 0 spiro atoms. The van der Waals surface area contributed by atoms with Gasteiger partial charge in [0.2, 0.25) is 5.78 Å². The number of aliphatic hydroxyl groups excluding tert-OH is 3. The summed E-state index contributed by atoms with van der Waals surface area (Å²) in [6, 6.07) is 0.330. The van der Waals surface area contributed by atoms with Crippen LogP contribution < -0.4 is 11.5 Å². The summed E-state index contributed by atoms with van der Waals surface area (Å²) in [4.78, 5) is 40.8. The van der Waals surface area contributed by atoms with Gasteiger partial charge in [-0.1, -0.05) is 27.7 Å². The van der Waals surface area contributed by atoms with Crippen LogP contribution in [0.5, 0.6) is 5.75 Å². The average molecular weight is 530 g/mol. The number of amides is 1. The third kappa shape index (κ3) is 3.39. The van der Waals surface area contributed by atoms with E-state index in [1.165, 1.54) is 19.0 Å². The maximum absolute atomic E-state index is 14.1. The van der Waals surface area contributed by atoms with Crippen LogP contribution in [0.25, 0.3) is 5.76 Å². The molecular weight excluding hydrogens is 494 g/mol. The van der Waals surface area contributed by atoms with Crippen LogP contribution in [0.4, 0.5) is 0 Å². The summed E-state index contributed by atoms with van der Waals surface area (Å²) in [5.41, 5.74) is 7.93. The lowest BCUT2D eigenvalue weighted by atomic mass is 9.54.